The van der Waals surface area contributed by atoms with Crippen molar-refractivity contribution in [3.63, 3.8) is 0 Å². The summed E-state index contributed by atoms with van der Waals surface area (Å²) in [5.41, 5.74) is 1.46. The van der Waals surface area contributed by atoms with E-state index in [0.29, 0.717) is 11.3 Å². The first-order chi connectivity index (χ1) is 7.18. The van der Waals surface area contributed by atoms with Gasteiger partial charge >= 0.3 is 5.97 Å². The maximum absolute atomic E-state index is 10.9. The Labute approximate surface area is 94.1 Å². The lowest BCUT2D eigenvalue weighted by Gasteiger charge is -1.99. The van der Waals surface area contributed by atoms with E-state index < -0.39 is 5.97 Å². The minimum atomic E-state index is -0.962. The molecule has 2 N–H and O–H groups in total. The van der Waals surface area contributed by atoms with Gasteiger partial charge in [0.25, 0.3) is 0 Å². The number of nitrogens with one attached hydrogen (secondary N) is 1. The van der Waals surface area contributed by atoms with E-state index in [0.717, 1.165) is 4.47 Å². The molecule has 5 heteroatoms. The molecule has 0 amide bonds. The molecule has 0 saturated heterocycles. The van der Waals surface area contributed by atoms with Crippen molar-refractivity contribution in [2.75, 3.05) is 0 Å². The normalized spacial score (nSPS) is 10.2. The lowest BCUT2D eigenvalue weighted by atomic mass is 10.1. The van der Waals surface area contributed by atoms with E-state index in [-0.39, 0.29) is 5.56 Å². The van der Waals surface area contributed by atoms with Gasteiger partial charge in [0.15, 0.2) is 0 Å². The largest absolute Gasteiger partial charge is 0.478 e. The SMILES string of the molecule is O=C(O)c1c[nH]cc1-c1ccc(Br)cn1. The smallest absolute Gasteiger partial charge is 0.337 e. The summed E-state index contributed by atoms with van der Waals surface area (Å²) >= 11 is 3.27. The number of H-pyrrole nitrogens is 1. The first-order valence-electron chi connectivity index (χ1n) is 4.20. The number of halogens is 1. The average Bonchev–Trinajstić information content (AvgIpc) is 2.67. The fourth-order valence-electron chi connectivity index (χ4n) is 1.29. The van der Waals surface area contributed by atoms with E-state index in [1.165, 1.54) is 6.20 Å². The number of hydrogen-bond donors (Lipinski definition) is 2. The van der Waals surface area contributed by atoms with Gasteiger partial charge in [0.2, 0.25) is 0 Å². The third-order valence-electron chi connectivity index (χ3n) is 1.98. The second-order valence-electron chi connectivity index (χ2n) is 2.95. The topological polar surface area (TPSA) is 66.0 Å². The summed E-state index contributed by atoms with van der Waals surface area (Å²) in [6.45, 7) is 0. The highest BCUT2D eigenvalue weighted by Crippen LogP contribution is 2.22. The Morgan fingerprint density at radius 2 is 2.20 bits per heavy atom. The summed E-state index contributed by atoms with van der Waals surface area (Å²) < 4.78 is 0.860. The monoisotopic (exact) mass is 266 g/mol. The standard InChI is InChI=1S/C10H7BrN2O2/c11-6-1-2-9(13-3-6)7-4-12-5-8(7)10(14)15/h1-5,12H,(H,14,15). The molecule has 0 atom stereocenters. The third-order valence-corrected chi connectivity index (χ3v) is 2.45. The van der Waals surface area contributed by atoms with Crippen LogP contribution in [0.25, 0.3) is 11.3 Å². The number of rotatable bonds is 2. The van der Waals surface area contributed by atoms with Crippen LogP contribution in [0.1, 0.15) is 10.4 Å². The molecule has 0 unspecified atom stereocenters. The number of hydrogen-bond acceptors (Lipinski definition) is 2. The molecule has 0 bridgehead atoms. The summed E-state index contributed by atoms with van der Waals surface area (Å²) in [5.74, 6) is -0.962. The molecule has 2 rings (SSSR count). The Hall–Kier alpha value is -1.62. The van der Waals surface area contributed by atoms with E-state index in [1.54, 1.807) is 18.5 Å². The Balaban J connectivity index is 2.49. The summed E-state index contributed by atoms with van der Waals surface area (Å²) in [5, 5.41) is 8.91. The van der Waals surface area contributed by atoms with E-state index in [1.807, 2.05) is 6.07 Å². The molecule has 2 aromatic rings. The number of carboxylic acids is 1. The van der Waals surface area contributed by atoms with Crippen molar-refractivity contribution >= 4 is 21.9 Å². The van der Waals surface area contributed by atoms with Gasteiger partial charge < -0.3 is 10.1 Å². The van der Waals surface area contributed by atoms with Crippen LogP contribution in [-0.2, 0) is 0 Å². The second kappa shape index (κ2) is 3.86. The predicted octanol–water partition coefficient (Wildman–Crippen LogP) is 2.54. The highest BCUT2D eigenvalue weighted by atomic mass is 79.9. The molecular weight excluding hydrogens is 260 g/mol. The van der Waals surface area contributed by atoms with Crippen molar-refractivity contribution in [2.45, 2.75) is 0 Å². The van der Waals surface area contributed by atoms with Crippen molar-refractivity contribution in [2.24, 2.45) is 0 Å². The fourth-order valence-corrected chi connectivity index (χ4v) is 1.52. The van der Waals surface area contributed by atoms with Crippen molar-refractivity contribution in [3.8, 4) is 11.3 Å². The summed E-state index contributed by atoms with van der Waals surface area (Å²) in [7, 11) is 0. The summed E-state index contributed by atoms with van der Waals surface area (Å²) in [6, 6.07) is 3.58. The zero-order chi connectivity index (χ0) is 10.8. The number of aromatic carboxylic acids is 1. The van der Waals surface area contributed by atoms with Crippen LogP contribution >= 0.6 is 15.9 Å². The van der Waals surface area contributed by atoms with Crippen LogP contribution in [0.3, 0.4) is 0 Å². The second-order valence-corrected chi connectivity index (χ2v) is 3.87. The summed E-state index contributed by atoms with van der Waals surface area (Å²) in [6.07, 6.45) is 4.70. The minimum absolute atomic E-state index is 0.227. The van der Waals surface area contributed by atoms with Crippen molar-refractivity contribution in [1.29, 1.82) is 0 Å². The van der Waals surface area contributed by atoms with Gasteiger partial charge in [-0.3, -0.25) is 4.98 Å². The van der Waals surface area contributed by atoms with E-state index in [9.17, 15) is 4.79 Å². The Kier molecular flexibility index (Phi) is 2.55. The van der Waals surface area contributed by atoms with E-state index in [2.05, 4.69) is 25.9 Å². The molecule has 0 radical (unpaired) electrons. The van der Waals surface area contributed by atoms with Gasteiger partial charge in [-0.15, -0.1) is 0 Å². The molecule has 0 spiro atoms. The minimum Gasteiger partial charge on any atom is -0.478 e. The molecule has 0 aliphatic carbocycles. The molecular formula is C10H7BrN2O2. The average molecular weight is 267 g/mol. The number of pyridine rings is 1. The molecule has 0 saturated carbocycles. The van der Waals surface area contributed by atoms with Gasteiger partial charge in [0, 0.05) is 28.6 Å². The van der Waals surface area contributed by atoms with Gasteiger partial charge in [0.1, 0.15) is 0 Å². The van der Waals surface area contributed by atoms with Gasteiger partial charge in [-0.05, 0) is 28.1 Å². The molecule has 0 aliphatic rings. The molecule has 0 aromatic carbocycles. The van der Waals surface area contributed by atoms with Crippen LogP contribution in [0.5, 0.6) is 0 Å². The molecule has 0 fully saturated rings. The Morgan fingerprint density at radius 1 is 1.40 bits per heavy atom. The molecule has 4 nitrogen and oxygen atoms in total. The lowest BCUT2D eigenvalue weighted by molar-refractivity contribution is 0.0698. The van der Waals surface area contributed by atoms with Crippen LogP contribution in [0, 0.1) is 0 Å². The van der Waals surface area contributed by atoms with Crippen LogP contribution in [0.4, 0.5) is 0 Å². The molecule has 0 aliphatic heterocycles. The first-order valence-corrected chi connectivity index (χ1v) is 5.00. The zero-order valence-corrected chi connectivity index (χ0v) is 9.15. The molecule has 15 heavy (non-hydrogen) atoms. The predicted molar refractivity (Wildman–Crippen MR) is 58.7 cm³/mol. The van der Waals surface area contributed by atoms with Gasteiger partial charge in [0.05, 0.1) is 11.3 Å². The van der Waals surface area contributed by atoms with Crippen LogP contribution < -0.4 is 0 Å². The van der Waals surface area contributed by atoms with Crippen molar-refractivity contribution in [3.05, 3.63) is 40.8 Å². The number of carboxylic acid groups (broad SMARTS) is 1. The van der Waals surface area contributed by atoms with Crippen LogP contribution in [0.2, 0.25) is 0 Å². The van der Waals surface area contributed by atoms with Gasteiger partial charge in [-0.25, -0.2) is 4.79 Å². The Bertz CT molecular complexity index is 490. The zero-order valence-electron chi connectivity index (χ0n) is 7.57. The number of aromatic amines is 1. The highest BCUT2D eigenvalue weighted by molar-refractivity contribution is 9.10. The molecule has 2 aromatic heterocycles. The van der Waals surface area contributed by atoms with Crippen LogP contribution in [-0.4, -0.2) is 21.0 Å². The lowest BCUT2D eigenvalue weighted by Crippen LogP contribution is -1.96. The van der Waals surface area contributed by atoms with Crippen molar-refractivity contribution < 1.29 is 9.90 Å². The van der Waals surface area contributed by atoms with Gasteiger partial charge in [-0.1, -0.05) is 0 Å². The first kappa shape index (κ1) is 9.92. The van der Waals surface area contributed by atoms with Crippen molar-refractivity contribution in [1.82, 2.24) is 9.97 Å². The quantitative estimate of drug-likeness (QED) is 0.878. The van der Waals surface area contributed by atoms with Gasteiger partial charge in [-0.2, -0.15) is 0 Å². The summed E-state index contributed by atoms with van der Waals surface area (Å²) in [4.78, 5) is 17.8. The highest BCUT2D eigenvalue weighted by Gasteiger charge is 2.12. The maximum atomic E-state index is 10.9. The Morgan fingerprint density at radius 3 is 2.80 bits per heavy atom. The fraction of sp³-hybridized carbons (Fsp3) is 0. The number of carbonyl (C=O) groups is 1. The number of nitrogens with zero attached hydrogens (tertiary/aromatic N) is 1. The molecule has 76 valence electrons. The molecule has 2 heterocycles. The third kappa shape index (κ3) is 1.92. The van der Waals surface area contributed by atoms with E-state index >= 15 is 0 Å². The van der Waals surface area contributed by atoms with Crippen LogP contribution in [0.15, 0.2) is 35.2 Å². The maximum Gasteiger partial charge on any atom is 0.337 e. The van der Waals surface area contributed by atoms with E-state index in [4.69, 9.17) is 5.11 Å². The number of aromatic nitrogens is 2.